The first-order chi connectivity index (χ1) is 15.2. The van der Waals surface area contributed by atoms with E-state index in [9.17, 15) is 23.4 Å². The fraction of sp³-hybridized carbons (Fsp3) is 0.294. The van der Waals surface area contributed by atoms with Crippen LogP contribution in [0.4, 0.5) is 5.82 Å². The van der Waals surface area contributed by atoms with Crippen LogP contribution in [-0.2, 0) is 19.2 Å². The third kappa shape index (κ3) is 4.23. The van der Waals surface area contributed by atoms with Gasteiger partial charge in [-0.05, 0) is 12.1 Å². The van der Waals surface area contributed by atoms with Gasteiger partial charge in [0.15, 0.2) is 17.7 Å². The first kappa shape index (κ1) is 22.3. The minimum absolute atomic E-state index is 0.0534. The quantitative estimate of drug-likeness (QED) is 0.348. The lowest BCUT2D eigenvalue weighted by molar-refractivity contribution is -0.0468. The molecule has 1 saturated heterocycles. The van der Waals surface area contributed by atoms with Crippen molar-refractivity contribution in [2.75, 3.05) is 12.3 Å². The lowest BCUT2D eigenvalue weighted by Crippen LogP contribution is -2.37. The van der Waals surface area contributed by atoms with E-state index in [0.717, 1.165) is 0 Å². The Balaban J connectivity index is 1.44. The number of fused-ring (bicyclic) bond motifs is 1. The van der Waals surface area contributed by atoms with Crippen LogP contribution in [0.25, 0.3) is 11.2 Å². The second-order valence-corrected chi connectivity index (χ2v) is 8.53. The molecule has 0 saturated carbocycles. The number of carbonyl (C=O) groups excluding carboxylic acids is 1. The number of amides is 1. The molecule has 32 heavy (non-hydrogen) atoms. The number of hydrogen-bond acceptors (Lipinski definition) is 11. The van der Waals surface area contributed by atoms with E-state index in [4.69, 9.17) is 26.3 Å². The number of hydrogen-bond donors (Lipinski definition) is 4. The second kappa shape index (κ2) is 8.57. The molecule has 1 amide bonds. The molecule has 0 spiro atoms. The number of benzene rings is 1. The van der Waals surface area contributed by atoms with Crippen molar-refractivity contribution in [3.63, 3.8) is 0 Å². The molecule has 5 N–H and O–H groups in total. The number of nitrogen functional groups attached to an aromatic ring is 1. The molecular weight excluding hydrogens is 468 g/mol. The van der Waals surface area contributed by atoms with Gasteiger partial charge >= 0.3 is 10.3 Å². The Kier molecular flexibility index (Phi) is 5.98. The topological polar surface area (TPSA) is 192 Å². The molecule has 4 atom stereocenters. The summed E-state index contributed by atoms with van der Waals surface area (Å²) in [6, 6.07) is 5.85. The Labute approximate surface area is 186 Å². The molecule has 1 fully saturated rings. The van der Waals surface area contributed by atoms with Gasteiger partial charge in [0.1, 0.15) is 30.2 Å². The first-order valence-corrected chi connectivity index (χ1v) is 10.9. The SMILES string of the molecule is Nc1ncnc2c1ncn2[C@@H]1O[C@H](COS(=O)(=O)NC(=O)c2ccccc2Cl)C(O)C1O. The van der Waals surface area contributed by atoms with Crippen molar-refractivity contribution in [2.45, 2.75) is 24.5 Å². The van der Waals surface area contributed by atoms with Crippen LogP contribution in [0.2, 0.25) is 5.02 Å². The number of ether oxygens (including phenoxy) is 1. The smallest absolute Gasteiger partial charge is 0.362 e. The Hall–Kier alpha value is -2.88. The van der Waals surface area contributed by atoms with Crippen LogP contribution in [0.1, 0.15) is 16.6 Å². The largest absolute Gasteiger partial charge is 0.387 e. The molecule has 0 aliphatic carbocycles. The minimum Gasteiger partial charge on any atom is -0.387 e. The van der Waals surface area contributed by atoms with Gasteiger partial charge in [-0.25, -0.2) is 19.7 Å². The van der Waals surface area contributed by atoms with Gasteiger partial charge in [-0.2, -0.15) is 8.42 Å². The molecule has 4 rings (SSSR count). The lowest BCUT2D eigenvalue weighted by atomic mass is 10.1. The summed E-state index contributed by atoms with van der Waals surface area (Å²) in [6.45, 7) is -0.691. The number of nitrogens with one attached hydrogen (secondary N) is 1. The monoisotopic (exact) mass is 484 g/mol. The number of aliphatic hydroxyl groups excluding tert-OH is 2. The summed E-state index contributed by atoms with van der Waals surface area (Å²) in [5.41, 5.74) is 6.18. The van der Waals surface area contributed by atoms with Gasteiger partial charge in [-0.15, -0.1) is 0 Å². The van der Waals surface area contributed by atoms with Gasteiger partial charge in [-0.3, -0.25) is 13.5 Å². The summed E-state index contributed by atoms with van der Waals surface area (Å²) in [4.78, 5) is 24.0. The minimum atomic E-state index is -4.57. The highest BCUT2D eigenvalue weighted by molar-refractivity contribution is 7.85. The zero-order valence-corrected chi connectivity index (χ0v) is 17.6. The number of aliphatic hydroxyl groups is 2. The average molecular weight is 485 g/mol. The fourth-order valence-electron chi connectivity index (χ4n) is 3.15. The van der Waals surface area contributed by atoms with Crippen molar-refractivity contribution in [2.24, 2.45) is 0 Å². The molecule has 15 heteroatoms. The second-order valence-electron chi connectivity index (χ2n) is 6.78. The highest BCUT2D eigenvalue weighted by Gasteiger charge is 2.45. The molecule has 3 heterocycles. The van der Waals surface area contributed by atoms with E-state index >= 15 is 0 Å². The number of rotatable bonds is 6. The van der Waals surface area contributed by atoms with Crippen LogP contribution in [0.3, 0.4) is 0 Å². The predicted octanol–water partition coefficient (Wildman–Crippen LogP) is -0.627. The maximum absolute atomic E-state index is 12.2. The number of aromatic nitrogens is 4. The number of imidazole rings is 1. The van der Waals surface area contributed by atoms with E-state index in [2.05, 4.69) is 15.0 Å². The summed E-state index contributed by atoms with van der Waals surface area (Å²) < 4.78 is 37.7. The summed E-state index contributed by atoms with van der Waals surface area (Å²) >= 11 is 5.88. The van der Waals surface area contributed by atoms with E-state index < -0.39 is 47.4 Å². The number of carbonyl (C=O) groups is 1. The van der Waals surface area contributed by atoms with Gasteiger partial charge < -0.3 is 20.7 Å². The maximum atomic E-state index is 12.2. The Morgan fingerprint density at radius 1 is 1.25 bits per heavy atom. The number of halogens is 1. The summed E-state index contributed by atoms with van der Waals surface area (Å²) in [5, 5.41) is 20.7. The molecule has 0 radical (unpaired) electrons. The molecule has 1 aromatic carbocycles. The summed E-state index contributed by atoms with van der Waals surface area (Å²) in [6.07, 6.45) is -2.89. The predicted molar refractivity (Wildman–Crippen MR) is 109 cm³/mol. The standard InChI is InChI=1S/C17H17ClN6O7S/c18-9-4-2-1-3-8(9)16(27)23-32(28,29)30-5-10-12(25)13(26)17(31-10)24-7-22-11-14(19)20-6-21-15(11)24/h1-4,6-7,10,12-13,17,25-26H,5H2,(H,23,27)(H2,19,20,21)/t10-,12?,13?,17-/m1/s1. The Morgan fingerprint density at radius 2 is 2.00 bits per heavy atom. The van der Waals surface area contributed by atoms with Crippen molar-refractivity contribution in [3.8, 4) is 0 Å². The molecule has 0 bridgehead atoms. The maximum Gasteiger partial charge on any atom is 0.362 e. The van der Waals surface area contributed by atoms with E-state index in [1.807, 2.05) is 0 Å². The molecule has 1 aliphatic heterocycles. The Morgan fingerprint density at radius 3 is 2.75 bits per heavy atom. The van der Waals surface area contributed by atoms with Crippen LogP contribution in [0.15, 0.2) is 36.9 Å². The normalized spacial score (nSPS) is 23.5. The summed E-state index contributed by atoms with van der Waals surface area (Å²) in [7, 11) is -4.57. The van der Waals surface area contributed by atoms with Gasteiger partial charge in [-0.1, -0.05) is 23.7 Å². The van der Waals surface area contributed by atoms with E-state index in [-0.39, 0.29) is 27.6 Å². The van der Waals surface area contributed by atoms with Gasteiger partial charge in [0.05, 0.1) is 23.5 Å². The summed E-state index contributed by atoms with van der Waals surface area (Å²) in [5.74, 6) is -0.884. The Bertz CT molecular complexity index is 1270. The number of anilines is 1. The van der Waals surface area contributed by atoms with Crippen molar-refractivity contribution in [1.29, 1.82) is 0 Å². The molecule has 2 aromatic heterocycles. The molecule has 1 aliphatic rings. The van der Waals surface area contributed by atoms with Crippen LogP contribution in [0, 0.1) is 0 Å². The first-order valence-electron chi connectivity index (χ1n) is 9.08. The van der Waals surface area contributed by atoms with Gasteiger partial charge in [0.2, 0.25) is 0 Å². The number of nitrogens with zero attached hydrogens (tertiary/aromatic N) is 4. The van der Waals surface area contributed by atoms with Crippen molar-refractivity contribution in [3.05, 3.63) is 47.5 Å². The third-order valence-electron chi connectivity index (χ3n) is 4.72. The third-order valence-corrected chi connectivity index (χ3v) is 5.93. The average Bonchev–Trinajstić information content (AvgIpc) is 3.29. The highest BCUT2D eigenvalue weighted by atomic mass is 35.5. The fourth-order valence-corrected chi connectivity index (χ4v) is 4.08. The molecule has 170 valence electrons. The van der Waals surface area contributed by atoms with Crippen LogP contribution >= 0.6 is 11.6 Å². The number of nitrogens with two attached hydrogens (primary N) is 1. The highest BCUT2D eigenvalue weighted by Crippen LogP contribution is 2.32. The molecule has 2 unspecified atom stereocenters. The zero-order valence-electron chi connectivity index (χ0n) is 16.1. The molecule has 13 nitrogen and oxygen atoms in total. The van der Waals surface area contributed by atoms with Crippen LogP contribution in [0.5, 0.6) is 0 Å². The van der Waals surface area contributed by atoms with E-state index in [1.165, 1.54) is 35.4 Å². The lowest BCUT2D eigenvalue weighted by Gasteiger charge is -2.16. The van der Waals surface area contributed by atoms with E-state index in [1.54, 1.807) is 10.8 Å². The van der Waals surface area contributed by atoms with Gasteiger partial charge in [0.25, 0.3) is 5.91 Å². The van der Waals surface area contributed by atoms with Crippen molar-refractivity contribution >= 4 is 44.8 Å². The molecular formula is C17H17ClN6O7S. The zero-order chi connectivity index (χ0) is 23.0. The van der Waals surface area contributed by atoms with Crippen molar-refractivity contribution in [1.82, 2.24) is 24.2 Å². The van der Waals surface area contributed by atoms with Gasteiger partial charge in [0, 0.05) is 0 Å². The van der Waals surface area contributed by atoms with Crippen LogP contribution in [-0.4, -0.2) is 69.0 Å². The van der Waals surface area contributed by atoms with Crippen molar-refractivity contribution < 1.29 is 32.3 Å². The molecule has 3 aromatic rings. The van der Waals surface area contributed by atoms with E-state index in [0.29, 0.717) is 0 Å². The van der Waals surface area contributed by atoms with Crippen LogP contribution < -0.4 is 10.5 Å².